The number of benzene rings is 1. The molecule has 0 aliphatic rings. The molecule has 0 saturated heterocycles. The van der Waals surface area contributed by atoms with Gasteiger partial charge in [-0.25, -0.2) is 9.78 Å². The van der Waals surface area contributed by atoms with Gasteiger partial charge in [-0.15, -0.1) is 0 Å². The Labute approximate surface area is 249 Å². The number of aryl methyl sites for hydroxylation is 3. The third-order valence-electron chi connectivity index (χ3n) is 6.71. The Kier molecular flexibility index (Phi) is 9.46. The molecule has 13 nitrogen and oxygen atoms in total. The van der Waals surface area contributed by atoms with Crippen LogP contribution in [-0.4, -0.2) is 75.0 Å². The SMILES string of the molecule is COC(=O)c1nc(-c2ccc(NC(=O)c3cc(NC(=O)c4cc(NC(=O)CCCN(C)C)cn4C)cn3C)cc2)cn1C. The topological polar surface area (TPSA) is 145 Å². The number of nitrogens with one attached hydrogen (secondary N) is 3. The van der Waals surface area contributed by atoms with Crippen molar-refractivity contribution >= 4 is 40.8 Å². The summed E-state index contributed by atoms with van der Waals surface area (Å²) >= 11 is 0. The number of methoxy groups -OCH3 is 1. The van der Waals surface area contributed by atoms with Crippen molar-refractivity contribution < 1.29 is 23.9 Å². The predicted octanol–water partition coefficient (Wildman–Crippen LogP) is 3.34. The first-order valence-electron chi connectivity index (χ1n) is 13.6. The lowest BCUT2D eigenvalue weighted by Gasteiger charge is -2.08. The van der Waals surface area contributed by atoms with Crippen LogP contribution in [0.3, 0.4) is 0 Å². The van der Waals surface area contributed by atoms with E-state index in [0.717, 1.165) is 18.5 Å². The number of hydrogen-bond donors (Lipinski definition) is 3. The number of anilines is 3. The smallest absolute Gasteiger partial charge is 0.374 e. The summed E-state index contributed by atoms with van der Waals surface area (Å²) in [4.78, 5) is 56.5. The maximum atomic E-state index is 13.0. The minimum Gasteiger partial charge on any atom is -0.463 e. The number of nitrogens with zero attached hydrogens (tertiary/aromatic N) is 5. The second-order valence-corrected chi connectivity index (χ2v) is 10.4. The van der Waals surface area contributed by atoms with E-state index in [1.54, 1.807) is 89.8 Å². The first-order chi connectivity index (χ1) is 20.4. The van der Waals surface area contributed by atoms with Crippen LogP contribution in [0.4, 0.5) is 17.1 Å². The van der Waals surface area contributed by atoms with E-state index >= 15 is 0 Å². The summed E-state index contributed by atoms with van der Waals surface area (Å²) in [5, 5.41) is 8.50. The molecule has 4 rings (SSSR count). The Hall–Kier alpha value is -5.17. The van der Waals surface area contributed by atoms with E-state index in [1.165, 1.54) is 7.11 Å². The fourth-order valence-corrected chi connectivity index (χ4v) is 4.50. The molecule has 1 aromatic carbocycles. The van der Waals surface area contributed by atoms with E-state index < -0.39 is 5.97 Å². The molecule has 0 radical (unpaired) electrons. The Bertz CT molecular complexity index is 1650. The summed E-state index contributed by atoms with van der Waals surface area (Å²) in [7, 11) is 10.3. The zero-order chi connectivity index (χ0) is 31.3. The first kappa shape index (κ1) is 30.8. The molecule has 0 fully saturated rings. The van der Waals surface area contributed by atoms with Gasteiger partial charge in [-0.05, 0) is 51.3 Å². The van der Waals surface area contributed by atoms with Crippen LogP contribution < -0.4 is 16.0 Å². The van der Waals surface area contributed by atoms with E-state index in [1.807, 2.05) is 19.0 Å². The molecule has 3 heterocycles. The number of carbonyl (C=O) groups excluding carboxylic acids is 4. The third-order valence-corrected chi connectivity index (χ3v) is 6.71. The summed E-state index contributed by atoms with van der Waals surface area (Å²) < 4.78 is 9.59. The zero-order valence-corrected chi connectivity index (χ0v) is 25.1. The number of aromatic nitrogens is 4. The molecular weight excluding hydrogens is 552 g/mol. The predicted molar refractivity (Wildman–Crippen MR) is 163 cm³/mol. The van der Waals surface area contributed by atoms with Gasteiger partial charge in [0.1, 0.15) is 11.4 Å². The minimum atomic E-state index is -0.528. The fraction of sp³-hybridized carbons (Fsp3) is 0.300. The van der Waals surface area contributed by atoms with Crippen molar-refractivity contribution in [1.82, 2.24) is 23.6 Å². The lowest BCUT2D eigenvalue weighted by Crippen LogP contribution is -2.17. The molecule has 13 heteroatoms. The molecule has 3 amide bonds. The van der Waals surface area contributed by atoms with Gasteiger partial charge in [0, 0.05) is 57.4 Å². The van der Waals surface area contributed by atoms with Crippen molar-refractivity contribution in [2.75, 3.05) is 43.7 Å². The summed E-state index contributed by atoms with van der Waals surface area (Å²) in [6, 6.07) is 10.2. The van der Waals surface area contributed by atoms with E-state index in [4.69, 9.17) is 4.74 Å². The maximum Gasteiger partial charge on any atom is 0.374 e. The quantitative estimate of drug-likeness (QED) is 0.228. The van der Waals surface area contributed by atoms with Crippen LogP contribution in [0.15, 0.2) is 55.0 Å². The molecule has 3 aromatic heterocycles. The van der Waals surface area contributed by atoms with Gasteiger partial charge < -0.3 is 39.3 Å². The highest BCUT2D eigenvalue weighted by atomic mass is 16.5. The molecule has 0 aliphatic carbocycles. The first-order valence-corrected chi connectivity index (χ1v) is 13.6. The van der Waals surface area contributed by atoms with Gasteiger partial charge >= 0.3 is 5.97 Å². The third kappa shape index (κ3) is 7.57. The zero-order valence-electron chi connectivity index (χ0n) is 25.1. The lowest BCUT2D eigenvalue weighted by atomic mass is 10.1. The van der Waals surface area contributed by atoms with Gasteiger partial charge in [-0.1, -0.05) is 12.1 Å². The van der Waals surface area contributed by atoms with Crippen molar-refractivity contribution in [3.8, 4) is 11.3 Å². The molecule has 0 atom stereocenters. The van der Waals surface area contributed by atoms with Crippen LogP contribution in [0.2, 0.25) is 0 Å². The van der Waals surface area contributed by atoms with Crippen molar-refractivity contribution in [3.05, 3.63) is 72.2 Å². The molecule has 0 bridgehead atoms. The molecule has 4 aromatic rings. The minimum absolute atomic E-state index is 0.114. The van der Waals surface area contributed by atoms with Gasteiger partial charge in [0.2, 0.25) is 11.7 Å². The van der Waals surface area contributed by atoms with E-state index in [-0.39, 0.29) is 23.5 Å². The molecule has 226 valence electrons. The van der Waals surface area contributed by atoms with Crippen LogP contribution in [0, 0.1) is 0 Å². The second-order valence-electron chi connectivity index (χ2n) is 10.4. The fourth-order valence-electron chi connectivity index (χ4n) is 4.50. The molecule has 0 aliphatic heterocycles. The van der Waals surface area contributed by atoms with Crippen molar-refractivity contribution in [2.24, 2.45) is 21.1 Å². The van der Waals surface area contributed by atoms with Crippen LogP contribution >= 0.6 is 0 Å². The molecule has 0 saturated carbocycles. The number of imidazole rings is 1. The molecule has 43 heavy (non-hydrogen) atoms. The van der Waals surface area contributed by atoms with Crippen molar-refractivity contribution in [3.63, 3.8) is 0 Å². The van der Waals surface area contributed by atoms with Gasteiger partial charge in [0.25, 0.3) is 11.8 Å². The van der Waals surface area contributed by atoms with Crippen molar-refractivity contribution in [1.29, 1.82) is 0 Å². The van der Waals surface area contributed by atoms with Crippen LogP contribution in [-0.2, 0) is 30.7 Å². The second kappa shape index (κ2) is 13.2. The van der Waals surface area contributed by atoms with E-state index in [0.29, 0.717) is 40.6 Å². The monoisotopic (exact) mass is 588 g/mol. The molecular formula is C30H36N8O5. The lowest BCUT2D eigenvalue weighted by molar-refractivity contribution is -0.116. The highest BCUT2D eigenvalue weighted by Crippen LogP contribution is 2.23. The van der Waals surface area contributed by atoms with E-state index in [2.05, 4.69) is 20.9 Å². The average molecular weight is 589 g/mol. The van der Waals surface area contributed by atoms with Gasteiger partial charge in [-0.2, -0.15) is 0 Å². The summed E-state index contributed by atoms with van der Waals surface area (Å²) in [6.45, 7) is 0.811. The van der Waals surface area contributed by atoms with Crippen LogP contribution in [0.25, 0.3) is 11.3 Å². The summed E-state index contributed by atoms with van der Waals surface area (Å²) in [6.07, 6.45) is 6.17. The normalized spacial score (nSPS) is 11.0. The highest BCUT2D eigenvalue weighted by molar-refractivity contribution is 6.07. The largest absolute Gasteiger partial charge is 0.463 e. The highest BCUT2D eigenvalue weighted by Gasteiger charge is 2.18. The number of rotatable bonds is 11. The van der Waals surface area contributed by atoms with Gasteiger partial charge in [0.15, 0.2) is 0 Å². The Morgan fingerprint density at radius 3 is 1.91 bits per heavy atom. The average Bonchev–Trinajstić information content (AvgIpc) is 3.64. The number of amides is 3. The number of ether oxygens (including phenoxy) is 1. The van der Waals surface area contributed by atoms with Crippen LogP contribution in [0.1, 0.15) is 44.4 Å². The number of hydrogen-bond acceptors (Lipinski definition) is 7. The van der Waals surface area contributed by atoms with Crippen molar-refractivity contribution in [2.45, 2.75) is 12.8 Å². The maximum absolute atomic E-state index is 13.0. The number of carbonyl (C=O) groups is 4. The van der Waals surface area contributed by atoms with Crippen LogP contribution in [0.5, 0.6) is 0 Å². The summed E-state index contributed by atoms with van der Waals surface area (Å²) in [5.41, 5.74) is 3.59. The Morgan fingerprint density at radius 2 is 1.35 bits per heavy atom. The standard InChI is InChI=1S/C30H36N8O5/c1-35(2)13-7-8-26(39)31-21-14-24(36(3)16-21)29(41)33-22-15-25(37(4)17-22)28(40)32-20-11-9-19(10-12-20)23-18-38(5)27(34-23)30(42)43-6/h9-12,14-18H,7-8,13H2,1-6H3,(H,31,39)(H,32,40)(H,33,41). The van der Waals surface area contributed by atoms with Gasteiger partial charge in [-0.3, -0.25) is 14.4 Å². The molecule has 3 N–H and O–H groups in total. The van der Waals surface area contributed by atoms with E-state index in [9.17, 15) is 19.2 Å². The molecule has 0 spiro atoms. The number of esters is 1. The van der Waals surface area contributed by atoms with Gasteiger partial charge in [0.05, 0.1) is 24.2 Å². The Balaban J connectivity index is 1.37. The Morgan fingerprint density at radius 1 is 0.791 bits per heavy atom. The molecule has 0 unspecified atom stereocenters. The summed E-state index contributed by atoms with van der Waals surface area (Å²) in [5.74, 6) is -1.20.